The van der Waals surface area contributed by atoms with Crippen molar-refractivity contribution in [1.82, 2.24) is 9.88 Å². The summed E-state index contributed by atoms with van der Waals surface area (Å²) in [7, 11) is -4.72. The number of hydrogen-bond acceptors (Lipinski definition) is 7. The fraction of sp³-hybridized carbons (Fsp3) is 0.304. The molecule has 1 saturated heterocycles. The van der Waals surface area contributed by atoms with Crippen LogP contribution in [0.4, 0.5) is 15.0 Å². The topological polar surface area (TPSA) is 100 Å². The second-order valence-electron chi connectivity index (χ2n) is 7.98. The molecule has 8 nitrogen and oxygen atoms in total. The summed E-state index contributed by atoms with van der Waals surface area (Å²) < 4.78 is 47.2. The normalized spacial score (nSPS) is 15.2. The highest BCUT2D eigenvalue weighted by atomic mass is 32.2. The quantitative estimate of drug-likeness (QED) is 0.504. The van der Waals surface area contributed by atoms with E-state index in [1.165, 1.54) is 29.4 Å². The Morgan fingerprint density at radius 3 is 2.56 bits per heavy atom. The van der Waals surface area contributed by atoms with Crippen molar-refractivity contribution in [3.05, 3.63) is 70.3 Å². The van der Waals surface area contributed by atoms with Crippen molar-refractivity contribution in [2.75, 3.05) is 17.4 Å². The van der Waals surface area contributed by atoms with Crippen LogP contribution in [0.2, 0.25) is 0 Å². The van der Waals surface area contributed by atoms with Crippen LogP contribution in [0, 0.1) is 12.7 Å². The highest BCUT2D eigenvalue weighted by molar-refractivity contribution is 7.93. The fourth-order valence-electron chi connectivity index (χ4n) is 3.90. The number of amides is 1. The zero-order chi connectivity index (χ0) is 24.3. The molecule has 0 unspecified atom stereocenters. The zero-order valence-corrected chi connectivity index (χ0v) is 20.1. The maximum absolute atomic E-state index is 15.2. The molecule has 34 heavy (non-hydrogen) atoms. The van der Waals surface area contributed by atoms with Gasteiger partial charge in [-0.2, -0.15) is 0 Å². The van der Waals surface area contributed by atoms with Crippen molar-refractivity contribution in [2.24, 2.45) is 0 Å². The Labute approximate surface area is 201 Å². The minimum absolute atomic E-state index is 0.0106. The fourth-order valence-corrected chi connectivity index (χ4v) is 5.86. The molecule has 1 N–H and O–H groups in total. The minimum Gasteiger partial charge on any atom is -0.490 e. The van der Waals surface area contributed by atoms with Gasteiger partial charge in [0.2, 0.25) is 0 Å². The molecular weight excluding hydrogens is 481 g/mol. The molecule has 0 atom stereocenters. The van der Waals surface area contributed by atoms with Crippen LogP contribution in [0.1, 0.15) is 24.0 Å². The Morgan fingerprint density at radius 1 is 1.24 bits per heavy atom. The van der Waals surface area contributed by atoms with E-state index in [2.05, 4.69) is 22.0 Å². The summed E-state index contributed by atoms with van der Waals surface area (Å²) in [5, 5.41) is 10.7. The van der Waals surface area contributed by atoms with E-state index in [9.17, 15) is 18.3 Å². The van der Waals surface area contributed by atoms with Gasteiger partial charge < -0.3 is 9.84 Å². The molecule has 1 aromatic heterocycles. The van der Waals surface area contributed by atoms with Crippen molar-refractivity contribution in [1.29, 1.82) is 0 Å². The number of nitrogens with zero attached hydrogens (tertiary/aromatic N) is 3. The number of aromatic nitrogens is 1. The van der Waals surface area contributed by atoms with Gasteiger partial charge in [0, 0.05) is 30.6 Å². The molecule has 3 aromatic rings. The molecule has 2 heterocycles. The van der Waals surface area contributed by atoms with E-state index in [1.807, 2.05) is 18.2 Å². The lowest BCUT2D eigenvalue weighted by Crippen LogP contribution is -2.38. The van der Waals surface area contributed by atoms with E-state index in [0.717, 1.165) is 49.9 Å². The highest BCUT2D eigenvalue weighted by Gasteiger charge is 2.35. The van der Waals surface area contributed by atoms with Gasteiger partial charge in [-0.1, -0.05) is 30.3 Å². The number of carboxylic acid groups (broad SMARTS) is 1. The number of anilines is 1. The van der Waals surface area contributed by atoms with E-state index in [4.69, 9.17) is 4.74 Å². The second kappa shape index (κ2) is 10.1. The van der Waals surface area contributed by atoms with Gasteiger partial charge in [0.1, 0.15) is 22.6 Å². The predicted octanol–water partition coefficient (Wildman–Crippen LogP) is 4.51. The van der Waals surface area contributed by atoms with Crippen molar-refractivity contribution < 1.29 is 27.4 Å². The molecule has 0 saturated carbocycles. The van der Waals surface area contributed by atoms with Crippen molar-refractivity contribution in [3.63, 3.8) is 0 Å². The lowest BCUT2D eigenvalue weighted by molar-refractivity contribution is 0.0958. The van der Waals surface area contributed by atoms with Crippen LogP contribution in [0.3, 0.4) is 0 Å². The van der Waals surface area contributed by atoms with Gasteiger partial charge in [-0.15, -0.1) is 15.6 Å². The Morgan fingerprint density at radius 2 is 1.94 bits per heavy atom. The Kier molecular flexibility index (Phi) is 7.15. The van der Waals surface area contributed by atoms with Gasteiger partial charge in [-0.3, -0.25) is 4.90 Å². The number of rotatable bonds is 7. The summed E-state index contributed by atoms with van der Waals surface area (Å²) in [4.78, 5) is 17.0. The summed E-state index contributed by atoms with van der Waals surface area (Å²) in [6, 6.07) is 12.6. The third-order valence-corrected chi connectivity index (χ3v) is 7.97. The number of carbonyl (C=O) groups is 1. The van der Waals surface area contributed by atoms with Gasteiger partial charge in [-0.25, -0.2) is 22.6 Å². The smallest absolute Gasteiger partial charge is 0.427 e. The molecule has 1 aliphatic rings. The lowest BCUT2D eigenvalue weighted by atomic mass is 10.1. The maximum atomic E-state index is 15.2. The van der Waals surface area contributed by atoms with Crippen LogP contribution in [0.25, 0.3) is 0 Å². The number of benzene rings is 2. The van der Waals surface area contributed by atoms with Crippen LogP contribution < -0.4 is 9.04 Å². The molecule has 0 spiro atoms. The standard InChI is InChI=1S/C23H24FN3O5S2/c1-16-19(32-18-9-11-26(12-10-18)13-17-5-3-2-4-6-17)7-8-20(22(16)24)34(30,31)27(23(28)29)21-14-33-15-25-21/h2-8,14-15,18H,9-13H2,1H3,(H,28,29). The molecule has 1 aliphatic heterocycles. The number of halogens is 1. The van der Waals surface area contributed by atoms with Crippen molar-refractivity contribution in [3.8, 4) is 5.75 Å². The van der Waals surface area contributed by atoms with Crippen LogP contribution in [-0.4, -0.2) is 48.7 Å². The van der Waals surface area contributed by atoms with E-state index in [-0.39, 0.29) is 27.5 Å². The lowest BCUT2D eigenvalue weighted by Gasteiger charge is -2.32. The first kappa shape index (κ1) is 24.1. The van der Waals surface area contributed by atoms with Crippen molar-refractivity contribution >= 4 is 33.3 Å². The molecule has 0 bridgehead atoms. The molecule has 2 aromatic carbocycles. The van der Waals surface area contributed by atoms with E-state index in [1.54, 1.807) is 0 Å². The number of thiazole rings is 1. The largest absolute Gasteiger partial charge is 0.490 e. The summed E-state index contributed by atoms with van der Waals surface area (Å²) in [6.45, 7) is 3.93. The van der Waals surface area contributed by atoms with Crippen LogP contribution in [0.15, 0.2) is 58.3 Å². The number of hydrogen-bond donors (Lipinski definition) is 1. The monoisotopic (exact) mass is 505 g/mol. The molecule has 11 heteroatoms. The van der Waals surface area contributed by atoms with Crippen LogP contribution >= 0.6 is 11.3 Å². The average Bonchev–Trinajstić information content (AvgIpc) is 3.32. The highest BCUT2D eigenvalue weighted by Crippen LogP contribution is 2.32. The molecular formula is C23H24FN3O5S2. The predicted molar refractivity (Wildman–Crippen MR) is 126 cm³/mol. The minimum atomic E-state index is -4.72. The Balaban J connectivity index is 1.46. The Bertz CT molecular complexity index is 1250. The van der Waals surface area contributed by atoms with E-state index >= 15 is 4.39 Å². The molecule has 1 amide bonds. The summed E-state index contributed by atoms with van der Waals surface area (Å²) in [6.07, 6.45) is -0.390. The van der Waals surface area contributed by atoms with Gasteiger partial charge in [0.05, 0.1) is 5.51 Å². The zero-order valence-electron chi connectivity index (χ0n) is 18.4. The first-order valence-corrected chi connectivity index (χ1v) is 13.0. The van der Waals surface area contributed by atoms with Gasteiger partial charge in [0.25, 0.3) is 10.0 Å². The number of sulfonamides is 1. The average molecular weight is 506 g/mol. The van der Waals surface area contributed by atoms with Crippen LogP contribution in [-0.2, 0) is 16.6 Å². The second-order valence-corrected chi connectivity index (χ2v) is 10.5. The number of ether oxygens (including phenoxy) is 1. The van der Waals surface area contributed by atoms with Gasteiger partial charge in [-0.05, 0) is 37.5 Å². The van der Waals surface area contributed by atoms with E-state index < -0.39 is 26.8 Å². The summed E-state index contributed by atoms with van der Waals surface area (Å²) in [5.41, 5.74) is 2.55. The maximum Gasteiger partial charge on any atom is 0.427 e. The van der Waals surface area contributed by atoms with Gasteiger partial charge in [0.15, 0.2) is 5.82 Å². The molecule has 1 fully saturated rings. The SMILES string of the molecule is Cc1c(OC2CCN(Cc3ccccc3)CC2)ccc(S(=O)(=O)N(C(=O)O)c2cscn2)c1F. The third kappa shape index (κ3) is 5.06. The van der Waals surface area contributed by atoms with Crippen LogP contribution in [0.5, 0.6) is 5.75 Å². The van der Waals surface area contributed by atoms with Crippen molar-refractivity contribution in [2.45, 2.75) is 37.3 Å². The summed E-state index contributed by atoms with van der Waals surface area (Å²) in [5.74, 6) is -1.11. The Hall–Kier alpha value is -3.02. The third-order valence-electron chi connectivity index (χ3n) is 5.70. The number of likely N-dealkylation sites (tertiary alicyclic amines) is 1. The molecule has 0 radical (unpaired) electrons. The molecule has 4 rings (SSSR count). The van der Waals surface area contributed by atoms with Gasteiger partial charge >= 0.3 is 6.09 Å². The first-order valence-electron chi connectivity index (χ1n) is 10.7. The number of piperidine rings is 1. The molecule has 0 aliphatic carbocycles. The first-order chi connectivity index (χ1) is 16.3. The van der Waals surface area contributed by atoms with E-state index in [0.29, 0.717) is 0 Å². The summed E-state index contributed by atoms with van der Waals surface area (Å²) >= 11 is 1.03. The molecule has 180 valence electrons.